The summed E-state index contributed by atoms with van der Waals surface area (Å²) in [6.45, 7) is 0.247. The second kappa shape index (κ2) is 7.63. The Labute approximate surface area is 161 Å². The third-order valence-electron chi connectivity index (χ3n) is 4.04. The van der Waals surface area contributed by atoms with Gasteiger partial charge in [0.25, 0.3) is 0 Å². The molecule has 28 heavy (non-hydrogen) atoms. The molecule has 8 nitrogen and oxygen atoms in total. The van der Waals surface area contributed by atoms with E-state index in [1.54, 1.807) is 36.4 Å². The molecule has 0 fully saturated rings. The summed E-state index contributed by atoms with van der Waals surface area (Å²) in [5.74, 6) is 2.91. The van der Waals surface area contributed by atoms with E-state index in [2.05, 4.69) is 26.6 Å². The first kappa shape index (κ1) is 17.3. The number of amidine groups is 1. The first-order valence-corrected chi connectivity index (χ1v) is 8.53. The maximum absolute atomic E-state index is 8.92. The van der Waals surface area contributed by atoms with Crippen molar-refractivity contribution >= 4 is 17.6 Å². The molecular weight excluding hydrogens is 356 g/mol. The number of hydrogen-bond donors (Lipinski definition) is 3. The van der Waals surface area contributed by atoms with Gasteiger partial charge in [0, 0.05) is 12.1 Å². The van der Waals surface area contributed by atoms with Gasteiger partial charge in [0.05, 0.1) is 11.6 Å². The molecule has 1 aliphatic rings. The zero-order valence-corrected chi connectivity index (χ0v) is 14.8. The van der Waals surface area contributed by atoms with Gasteiger partial charge in [0.2, 0.25) is 6.79 Å². The molecule has 0 bridgehead atoms. The summed E-state index contributed by atoms with van der Waals surface area (Å²) in [4.78, 5) is 3.12. The predicted molar refractivity (Wildman–Crippen MR) is 103 cm³/mol. The highest BCUT2D eigenvalue weighted by Crippen LogP contribution is 2.32. The van der Waals surface area contributed by atoms with E-state index in [0.29, 0.717) is 29.3 Å². The molecule has 3 aromatic rings. The van der Waals surface area contributed by atoms with E-state index in [-0.39, 0.29) is 12.6 Å². The Morgan fingerprint density at radius 1 is 1.21 bits per heavy atom. The molecule has 0 saturated heterocycles. The lowest BCUT2D eigenvalue weighted by Gasteiger charge is -2.03. The molecule has 2 heterocycles. The molecule has 3 N–H and O–H groups in total. The monoisotopic (exact) mass is 372 g/mol. The number of fused-ring (bicyclic) bond motifs is 1. The average Bonchev–Trinajstić information content (AvgIpc) is 3.35. The summed E-state index contributed by atoms with van der Waals surface area (Å²) in [5.41, 5.74) is 2.24. The standard InChI is InChI=1S/C20H16N6O2/c21-11-14-2-1-3-15(8-14)23-18(22)6-7-19-24-20(26-25-19)10-13-4-5-16-17(9-13)28-12-27-16/h1-9H,10,12H2,(H2,22,23)(H,24,25,26)/b7-6-. The zero-order chi connectivity index (χ0) is 19.3. The minimum atomic E-state index is 0.170. The van der Waals surface area contributed by atoms with Crippen LogP contribution in [0.5, 0.6) is 11.5 Å². The lowest BCUT2D eigenvalue weighted by Crippen LogP contribution is -2.06. The Bertz CT molecular complexity index is 1100. The highest BCUT2D eigenvalue weighted by atomic mass is 16.7. The van der Waals surface area contributed by atoms with Crippen LogP contribution in [-0.2, 0) is 6.42 Å². The minimum Gasteiger partial charge on any atom is -0.454 e. The Morgan fingerprint density at radius 2 is 2.11 bits per heavy atom. The van der Waals surface area contributed by atoms with Crippen molar-refractivity contribution in [1.82, 2.24) is 15.2 Å². The fraction of sp³-hybridized carbons (Fsp3) is 0.100. The van der Waals surface area contributed by atoms with Gasteiger partial charge in [-0.3, -0.25) is 5.41 Å². The smallest absolute Gasteiger partial charge is 0.231 e. The lowest BCUT2D eigenvalue weighted by atomic mass is 10.1. The molecular formula is C20H16N6O2. The van der Waals surface area contributed by atoms with Gasteiger partial charge in [-0.1, -0.05) is 12.1 Å². The van der Waals surface area contributed by atoms with Crippen LogP contribution < -0.4 is 14.8 Å². The molecule has 0 saturated carbocycles. The van der Waals surface area contributed by atoms with E-state index in [1.165, 1.54) is 0 Å². The van der Waals surface area contributed by atoms with Gasteiger partial charge in [0.15, 0.2) is 17.3 Å². The van der Waals surface area contributed by atoms with E-state index in [0.717, 1.165) is 17.1 Å². The number of hydrogen-bond acceptors (Lipinski definition) is 6. The number of rotatable bonds is 5. The van der Waals surface area contributed by atoms with Gasteiger partial charge in [-0.05, 0) is 48.0 Å². The number of anilines is 1. The van der Waals surface area contributed by atoms with Crippen LogP contribution in [0.4, 0.5) is 5.69 Å². The van der Waals surface area contributed by atoms with Gasteiger partial charge >= 0.3 is 0 Å². The second-order valence-corrected chi connectivity index (χ2v) is 6.09. The first-order valence-electron chi connectivity index (χ1n) is 8.53. The molecule has 0 atom stereocenters. The van der Waals surface area contributed by atoms with Crippen LogP contribution >= 0.6 is 0 Å². The third kappa shape index (κ3) is 3.99. The quantitative estimate of drug-likeness (QED) is 0.468. The predicted octanol–water partition coefficient (Wildman–Crippen LogP) is 3.10. The number of aromatic amines is 1. The van der Waals surface area contributed by atoms with Crippen molar-refractivity contribution in [3.05, 3.63) is 71.3 Å². The highest BCUT2D eigenvalue weighted by Gasteiger charge is 2.14. The highest BCUT2D eigenvalue weighted by molar-refractivity contribution is 6.03. The molecule has 0 amide bonds. The van der Waals surface area contributed by atoms with Crippen molar-refractivity contribution in [3.63, 3.8) is 0 Å². The number of nitrogens with one attached hydrogen (secondary N) is 3. The molecule has 1 aliphatic heterocycles. The van der Waals surface area contributed by atoms with E-state index in [4.69, 9.17) is 20.1 Å². The van der Waals surface area contributed by atoms with Crippen LogP contribution in [0.15, 0.2) is 48.5 Å². The summed E-state index contributed by atoms with van der Waals surface area (Å²) >= 11 is 0. The summed E-state index contributed by atoms with van der Waals surface area (Å²) in [5, 5.41) is 28.0. The topological polar surface area (TPSA) is 120 Å². The maximum atomic E-state index is 8.92. The minimum absolute atomic E-state index is 0.170. The summed E-state index contributed by atoms with van der Waals surface area (Å²) in [7, 11) is 0. The van der Waals surface area contributed by atoms with Gasteiger partial charge in [0.1, 0.15) is 11.7 Å². The van der Waals surface area contributed by atoms with Crippen molar-refractivity contribution in [2.24, 2.45) is 0 Å². The number of aromatic nitrogens is 3. The van der Waals surface area contributed by atoms with Crippen LogP contribution in [-0.4, -0.2) is 27.8 Å². The Hall–Kier alpha value is -4.12. The summed E-state index contributed by atoms with van der Waals surface area (Å²) < 4.78 is 10.7. The Balaban J connectivity index is 1.37. The molecule has 1 aromatic heterocycles. The normalized spacial score (nSPS) is 12.1. The number of nitriles is 1. The first-order chi connectivity index (χ1) is 13.7. The molecule has 0 spiro atoms. The maximum Gasteiger partial charge on any atom is 0.231 e. The van der Waals surface area contributed by atoms with Crippen molar-refractivity contribution in [2.45, 2.75) is 6.42 Å². The fourth-order valence-corrected chi connectivity index (χ4v) is 2.74. The largest absolute Gasteiger partial charge is 0.454 e. The number of H-pyrrole nitrogens is 1. The van der Waals surface area contributed by atoms with E-state index >= 15 is 0 Å². The van der Waals surface area contributed by atoms with Crippen molar-refractivity contribution in [3.8, 4) is 17.6 Å². The molecule has 0 unspecified atom stereocenters. The number of benzene rings is 2. The van der Waals surface area contributed by atoms with Crippen LogP contribution in [0.25, 0.3) is 6.08 Å². The summed E-state index contributed by atoms with van der Waals surface area (Å²) in [6.07, 6.45) is 3.82. The van der Waals surface area contributed by atoms with Crippen molar-refractivity contribution in [1.29, 1.82) is 10.7 Å². The van der Waals surface area contributed by atoms with Crippen LogP contribution in [0.2, 0.25) is 0 Å². The molecule has 4 rings (SSSR count). The Morgan fingerprint density at radius 3 is 3.00 bits per heavy atom. The van der Waals surface area contributed by atoms with Gasteiger partial charge in [-0.2, -0.15) is 5.26 Å². The SMILES string of the molecule is N#Cc1cccc(NC(=N)/C=C\c2nnc(Cc3ccc4c(c3)OCO4)[nH]2)c1. The molecule has 8 heteroatoms. The van der Waals surface area contributed by atoms with Crippen LogP contribution in [0.1, 0.15) is 22.8 Å². The molecule has 0 aliphatic carbocycles. The molecule has 138 valence electrons. The van der Waals surface area contributed by atoms with Gasteiger partial charge < -0.3 is 19.8 Å². The number of nitrogens with zero attached hydrogens (tertiary/aromatic N) is 3. The molecule has 2 aromatic carbocycles. The molecule has 0 radical (unpaired) electrons. The number of ether oxygens (including phenoxy) is 2. The lowest BCUT2D eigenvalue weighted by molar-refractivity contribution is 0.174. The zero-order valence-electron chi connectivity index (χ0n) is 14.8. The third-order valence-corrected chi connectivity index (χ3v) is 4.04. The van der Waals surface area contributed by atoms with E-state index < -0.39 is 0 Å². The van der Waals surface area contributed by atoms with Crippen molar-refractivity contribution < 1.29 is 9.47 Å². The Kier molecular flexibility index (Phi) is 4.72. The van der Waals surface area contributed by atoms with Gasteiger partial charge in [-0.25, -0.2) is 0 Å². The van der Waals surface area contributed by atoms with Crippen LogP contribution in [0.3, 0.4) is 0 Å². The fourth-order valence-electron chi connectivity index (χ4n) is 2.74. The van der Waals surface area contributed by atoms with Gasteiger partial charge in [-0.15, -0.1) is 10.2 Å². The summed E-state index contributed by atoms with van der Waals surface area (Å²) in [6, 6.07) is 14.8. The van der Waals surface area contributed by atoms with Crippen LogP contribution in [0, 0.1) is 16.7 Å². The van der Waals surface area contributed by atoms with Crippen molar-refractivity contribution in [2.75, 3.05) is 12.1 Å². The second-order valence-electron chi connectivity index (χ2n) is 6.09. The average molecular weight is 372 g/mol. The van der Waals surface area contributed by atoms with E-state index in [1.807, 2.05) is 18.2 Å². The van der Waals surface area contributed by atoms with E-state index in [9.17, 15) is 0 Å².